The van der Waals surface area contributed by atoms with Crippen molar-refractivity contribution in [3.63, 3.8) is 0 Å². The van der Waals surface area contributed by atoms with Crippen molar-refractivity contribution in [2.45, 2.75) is 59.2 Å². The average Bonchev–Trinajstić information content (AvgIpc) is 2.77. The lowest BCUT2D eigenvalue weighted by Gasteiger charge is -2.22. The molecule has 23 heavy (non-hydrogen) atoms. The van der Waals surface area contributed by atoms with E-state index in [0.29, 0.717) is 11.5 Å². The molecule has 2 aromatic rings. The number of hydrogen-bond donors (Lipinski definition) is 3. The van der Waals surface area contributed by atoms with Gasteiger partial charge in [-0.15, -0.1) is 0 Å². The first-order valence-electron chi connectivity index (χ1n) is 8.17. The second-order valence-electron chi connectivity index (χ2n) is 5.94. The molecule has 0 saturated carbocycles. The summed E-state index contributed by atoms with van der Waals surface area (Å²) in [7, 11) is 0. The van der Waals surface area contributed by atoms with E-state index in [9.17, 15) is 5.11 Å². The van der Waals surface area contributed by atoms with Gasteiger partial charge in [-0.1, -0.05) is 26.8 Å². The summed E-state index contributed by atoms with van der Waals surface area (Å²) in [6.07, 6.45) is 4.13. The second-order valence-corrected chi connectivity index (χ2v) is 5.94. The molecule has 0 aliphatic carbocycles. The maximum atomic E-state index is 9.87. The van der Waals surface area contributed by atoms with Gasteiger partial charge in [0.25, 0.3) is 0 Å². The highest BCUT2D eigenvalue weighted by atomic mass is 16.3. The standard InChI is InChI=1S/C17H27N5O/c1-6-8-13(7-2)22-16-14(9-19-11(4)20-16)15(10(3)18)17(22)21-12(5)23/h9,12-13,21,23H,3,6-8,18H2,1-2,4-5H3. The minimum atomic E-state index is -0.704. The fourth-order valence-electron chi connectivity index (χ4n) is 3.04. The van der Waals surface area contributed by atoms with Crippen LogP contribution in [0.1, 0.15) is 57.5 Å². The van der Waals surface area contributed by atoms with E-state index in [2.05, 4.69) is 40.3 Å². The molecular weight excluding hydrogens is 290 g/mol. The van der Waals surface area contributed by atoms with Gasteiger partial charge in [-0.25, -0.2) is 9.97 Å². The maximum Gasteiger partial charge on any atom is 0.146 e. The van der Waals surface area contributed by atoms with Gasteiger partial charge in [-0.3, -0.25) is 0 Å². The van der Waals surface area contributed by atoms with Crippen LogP contribution in [0.5, 0.6) is 0 Å². The van der Waals surface area contributed by atoms with Crippen LogP contribution < -0.4 is 11.1 Å². The van der Waals surface area contributed by atoms with Crippen molar-refractivity contribution in [2.24, 2.45) is 5.73 Å². The van der Waals surface area contributed by atoms with E-state index in [1.54, 1.807) is 13.1 Å². The molecular formula is C17H27N5O. The number of aliphatic hydroxyl groups is 1. The molecule has 2 rings (SSSR count). The number of nitrogens with one attached hydrogen (secondary N) is 1. The Bertz CT molecular complexity index is 705. The fraction of sp³-hybridized carbons (Fsp3) is 0.529. The van der Waals surface area contributed by atoms with E-state index >= 15 is 0 Å². The maximum absolute atomic E-state index is 9.87. The number of nitrogens with two attached hydrogens (primary N) is 1. The zero-order valence-corrected chi connectivity index (χ0v) is 14.4. The van der Waals surface area contributed by atoms with Crippen LogP contribution in [0.15, 0.2) is 12.8 Å². The zero-order valence-electron chi connectivity index (χ0n) is 14.4. The highest BCUT2D eigenvalue weighted by molar-refractivity contribution is 5.96. The Morgan fingerprint density at radius 3 is 2.70 bits per heavy atom. The van der Waals surface area contributed by atoms with E-state index in [4.69, 9.17) is 5.73 Å². The van der Waals surface area contributed by atoms with Crippen molar-refractivity contribution in [3.05, 3.63) is 24.2 Å². The van der Waals surface area contributed by atoms with Crippen LogP contribution in [0.4, 0.5) is 5.82 Å². The number of hydrogen-bond acceptors (Lipinski definition) is 5. The Balaban J connectivity index is 2.83. The lowest BCUT2D eigenvalue weighted by molar-refractivity contribution is 0.223. The molecule has 2 unspecified atom stereocenters. The van der Waals surface area contributed by atoms with Gasteiger partial charge in [-0.05, 0) is 26.7 Å². The molecule has 0 bridgehead atoms. The van der Waals surface area contributed by atoms with E-state index in [-0.39, 0.29) is 6.04 Å². The lowest BCUT2D eigenvalue weighted by Crippen LogP contribution is -2.20. The summed E-state index contributed by atoms with van der Waals surface area (Å²) in [4.78, 5) is 8.93. The summed E-state index contributed by atoms with van der Waals surface area (Å²) in [6.45, 7) is 11.8. The Kier molecular flexibility index (Phi) is 5.26. The highest BCUT2D eigenvalue weighted by Gasteiger charge is 2.24. The van der Waals surface area contributed by atoms with Crippen molar-refractivity contribution in [1.29, 1.82) is 0 Å². The van der Waals surface area contributed by atoms with Crippen LogP contribution >= 0.6 is 0 Å². The molecule has 126 valence electrons. The topological polar surface area (TPSA) is 89.0 Å². The lowest BCUT2D eigenvalue weighted by atomic mass is 10.1. The summed E-state index contributed by atoms with van der Waals surface area (Å²) in [5.41, 5.74) is 8.09. The van der Waals surface area contributed by atoms with E-state index in [0.717, 1.165) is 41.7 Å². The van der Waals surface area contributed by atoms with Crippen molar-refractivity contribution < 1.29 is 5.11 Å². The number of fused-ring (bicyclic) bond motifs is 1. The molecule has 0 aliphatic rings. The first-order valence-corrected chi connectivity index (χ1v) is 8.17. The number of aryl methyl sites for hydroxylation is 1. The number of nitrogens with zero attached hydrogens (tertiary/aromatic N) is 3. The summed E-state index contributed by atoms with van der Waals surface area (Å²) in [6, 6.07) is 0.270. The zero-order chi connectivity index (χ0) is 17.1. The molecule has 6 heteroatoms. The summed E-state index contributed by atoms with van der Waals surface area (Å²) >= 11 is 0. The third-order valence-electron chi connectivity index (χ3n) is 3.99. The van der Waals surface area contributed by atoms with Gasteiger partial charge in [-0.2, -0.15) is 0 Å². The molecule has 0 spiro atoms. The third-order valence-corrected chi connectivity index (χ3v) is 3.99. The molecule has 2 heterocycles. The SMILES string of the molecule is C=C(N)c1c(NC(C)O)n(C(CC)CCC)c2nc(C)ncc12. The largest absolute Gasteiger partial charge is 0.399 e. The Morgan fingerprint density at radius 1 is 1.48 bits per heavy atom. The van der Waals surface area contributed by atoms with E-state index < -0.39 is 6.23 Å². The first-order chi connectivity index (χ1) is 10.9. The molecule has 0 fully saturated rings. The minimum absolute atomic E-state index is 0.270. The van der Waals surface area contributed by atoms with Gasteiger partial charge in [0.1, 0.15) is 23.5 Å². The van der Waals surface area contributed by atoms with Gasteiger partial charge < -0.3 is 20.7 Å². The number of rotatable bonds is 7. The number of aliphatic hydroxyl groups excluding tert-OH is 1. The van der Waals surface area contributed by atoms with Gasteiger partial charge in [0.2, 0.25) is 0 Å². The Hall–Kier alpha value is -2.08. The van der Waals surface area contributed by atoms with Crippen LogP contribution in [-0.2, 0) is 0 Å². The number of anilines is 1. The first kappa shape index (κ1) is 17.3. The third kappa shape index (κ3) is 3.32. The van der Waals surface area contributed by atoms with Crippen LogP contribution in [0, 0.1) is 6.92 Å². The molecule has 0 amide bonds. The highest BCUT2D eigenvalue weighted by Crippen LogP contribution is 2.37. The molecule has 2 aromatic heterocycles. The normalized spacial score (nSPS) is 14.0. The summed E-state index contributed by atoms with van der Waals surface area (Å²) < 4.78 is 2.15. The molecule has 0 aromatic carbocycles. The van der Waals surface area contributed by atoms with Crippen molar-refractivity contribution in [1.82, 2.24) is 14.5 Å². The molecule has 0 saturated heterocycles. The quantitative estimate of drug-likeness (QED) is 0.683. The van der Waals surface area contributed by atoms with Crippen LogP contribution in [0.25, 0.3) is 16.7 Å². The van der Waals surface area contributed by atoms with E-state index in [1.807, 2.05) is 6.92 Å². The average molecular weight is 317 g/mol. The van der Waals surface area contributed by atoms with Gasteiger partial charge in [0, 0.05) is 23.3 Å². The van der Waals surface area contributed by atoms with Gasteiger partial charge in [0.05, 0.1) is 5.56 Å². The Morgan fingerprint density at radius 2 is 2.17 bits per heavy atom. The predicted molar refractivity (Wildman–Crippen MR) is 95.0 cm³/mol. The van der Waals surface area contributed by atoms with Crippen LogP contribution in [0.2, 0.25) is 0 Å². The molecule has 6 nitrogen and oxygen atoms in total. The van der Waals surface area contributed by atoms with Gasteiger partial charge in [0.15, 0.2) is 0 Å². The fourth-order valence-corrected chi connectivity index (χ4v) is 3.04. The van der Waals surface area contributed by atoms with Crippen LogP contribution in [-0.4, -0.2) is 25.9 Å². The monoisotopic (exact) mass is 317 g/mol. The van der Waals surface area contributed by atoms with Gasteiger partial charge >= 0.3 is 0 Å². The smallest absolute Gasteiger partial charge is 0.146 e. The molecule has 0 aliphatic heterocycles. The van der Waals surface area contributed by atoms with Crippen molar-refractivity contribution in [3.8, 4) is 0 Å². The minimum Gasteiger partial charge on any atom is -0.399 e. The van der Waals surface area contributed by atoms with E-state index in [1.165, 1.54) is 0 Å². The number of aromatic nitrogens is 3. The molecule has 2 atom stereocenters. The van der Waals surface area contributed by atoms with Crippen molar-refractivity contribution in [2.75, 3.05) is 5.32 Å². The Labute approximate surface area is 137 Å². The summed E-state index contributed by atoms with van der Waals surface area (Å²) in [5.74, 6) is 1.48. The summed E-state index contributed by atoms with van der Waals surface area (Å²) in [5, 5.41) is 13.8. The molecule has 0 radical (unpaired) electrons. The van der Waals surface area contributed by atoms with Crippen molar-refractivity contribution >= 4 is 22.5 Å². The second kappa shape index (κ2) is 7.00. The van der Waals surface area contributed by atoms with Crippen LogP contribution in [0.3, 0.4) is 0 Å². The molecule has 4 N–H and O–H groups in total. The predicted octanol–water partition coefficient (Wildman–Crippen LogP) is 3.17.